The number of carboxylic acid groups (broad SMARTS) is 1. The van der Waals surface area contributed by atoms with E-state index in [2.05, 4.69) is 53.7 Å². The highest BCUT2D eigenvalue weighted by Gasteiger charge is 2.27. The first kappa shape index (κ1) is 85.8. The van der Waals surface area contributed by atoms with E-state index in [1.165, 1.54) is 69.7 Å². The van der Waals surface area contributed by atoms with Crippen LogP contribution in [0.2, 0.25) is 15.3 Å². The largest absolute Gasteiger partial charge is 0.478 e. The van der Waals surface area contributed by atoms with Gasteiger partial charge in [-0.2, -0.15) is 9.59 Å². The smallest absolute Gasteiger partial charge is 0.373 e. The lowest BCUT2D eigenvalue weighted by Crippen LogP contribution is -2.32. The summed E-state index contributed by atoms with van der Waals surface area (Å²) in [4.78, 5) is 152. The number of carboxylic acids is 1. The second-order valence-electron chi connectivity index (χ2n) is 25.7. The third-order valence-electron chi connectivity index (χ3n) is 16.5. The van der Waals surface area contributed by atoms with E-state index in [-0.39, 0.29) is 73.0 Å². The summed E-state index contributed by atoms with van der Waals surface area (Å²) < 4.78 is 65.0. The zero-order valence-corrected chi connectivity index (χ0v) is 63.6. The SMILES string of the molecule is CC1CCCO1.CC1CCCO1.Cc1ccnc(C(C)C)c1-n1c(=O)[nH]c(=O)c2cc(F)c(Cl)cc21.Cc1ccnc(C(C)C)c1-n1c(=O)[nH]c(=O)c2cc(F)c(Cl)nc21.Cc1ccnc(C(C)C)c1-n1c(=O)[nH]c(=O)c2cc(F)c(Cl)nc21.O=C(OC[C@H](OC(=O)c1ccccc1)C(=O)O)c1ccccc1.O=C=O. The molecule has 10 heterocycles. The maximum absolute atomic E-state index is 13.8. The van der Waals surface area contributed by atoms with Crippen LogP contribution in [0, 0.1) is 38.2 Å². The van der Waals surface area contributed by atoms with E-state index in [0.717, 1.165) is 48.1 Å². The van der Waals surface area contributed by atoms with Crippen molar-refractivity contribution in [2.24, 2.45) is 0 Å². The Labute approximate surface area is 640 Å². The van der Waals surface area contributed by atoms with E-state index >= 15 is 0 Å². The van der Waals surface area contributed by atoms with Crippen LogP contribution in [0.25, 0.3) is 50.0 Å². The van der Waals surface area contributed by atoms with Crippen molar-refractivity contribution in [2.45, 2.75) is 138 Å². The Hall–Kier alpha value is -11.4. The molecule has 3 atom stereocenters. The number of H-pyrrole nitrogens is 3. The minimum atomic E-state index is -1.57. The number of carbonyl (C=O) groups excluding carboxylic acids is 4. The van der Waals surface area contributed by atoms with Gasteiger partial charge in [0, 0.05) is 31.8 Å². The van der Waals surface area contributed by atoms with Crippen molar-refractivity contribution < 1.29 is 61.2 Å². The number of nitrogens with one attached hydrogen (secondary N) is 3. The minimum absolute atomic E-state index is 0.00634. The molecule has 11 aromatic rings. The molecule has 0 spiro atoms. The molecule has 0 aliphatic carbocycles. The molecule has 0 amide bonds. The molecule has 578 valence electrons. The second-order valence-corrected chi connectivity index (χ2v) is 26.8. The summed E-state index contributed by atoms with van der Waals surface area (Å²) in [5.74, 6) is -5.17. The van der Waals surface area contributed by atoms with E-state index in [4.69, 9.17) is 68.4 Å². The number of fused-ring (bicyclic) bond motifs is 3. The van der Waals surface area contributed by atoms with Gasteiger partial charge in [0.15, 0.2) is 33.2 Å². The van der Waals surface area contributed by atoms with Crippen LogP contribution in [0.3, 0.4) is 0 Å². The number of esters is 2. The monoisotopic (exact) mass is 1570 g/mol. The molecule has 13 rings (SSSR count). The van der Waals surface area contributed by atoms with Gasteiger partial charge in [-0.05, 0) is 161 Å². The molecule has 110 heavy (non-hydrogen) atoms. The molecule has 2 fully saturated rings. The Morgan fingerprint density at radius 1 is 0.545 bits per heavy atom. The number of aromatic amines is 3. The Morgan fingerprint density at radius 3 is 1.25 bits per heavy atom. The highest BCUT2D eigenvalue weighted by Crippen LogP contribution is 2.30. The van der Waals surface area contributed by atoms with Gasteiger partial charge in [-0.3, -0.25) is 48.9 Å². The van der Waals surface area contributed by atoms with Crippen molar-refractivity contribution in [3.63, 3.8) is 0 Å². The summed E-state index contributed by atoms with van der Waals surface area (Å²) in [6, 6.07) is 25.6. The van der Waals surface area contributed by atoms with Crippen molar-refractivity contribution in [3.8, 4) is 17.1 Å². The lowest BCUT2D eigenvalue weighted by Gasteiger charge is -2.17. The lowest BCUT2D eigenvalue weighted by molar-refractivity contribution is -0.191. The van der Waals surface area contributed by atoms with Crippen molar-refractivity contribution in [2.75, 3.05) is 19.8 Å². The molecular formula is C77H77Cl3F3N11O16. The number of pyridine rings is 5. The van der Waals surface area contributed by atoms with Gasteiger partial charge in [0.25, 0.3) is 16.7 Å². The fourth-order valence-corrected chi connectivity index (χ4v) is 11.6. The molecule has 2 unspecified atom stereocenters. The topological polar surface area (TPSA) is 372 Å². The molecular weight excluding hydrogens is 1500 g/mol. The summed E-state index contributed by atoms with van der Waals surface area (Å²) in [6.07, 6.45) is 9.79. The number of benzene rings is 3. The Bertz CT molecular complexity index is 5140. The molecule has 2 saturated heterocycles. The number of aryl methyl sites for hydroxylation is 3. The molecule has 0 saturated carbocycles. The highest BCUT2D eigenvalue weighted by molar-refractivity contribution is 6.31. The molecule has 27 nitrogen and oxygen atoms in total. The van der Waals surface area contributed by atoms with Gasteiger partial charge in [-0.15, -0.1) is 0 Å². The average molecular weight is 1580 g/mol. The Kier molecular flexibility index (Phi) is 30.9. The van der Waals surface area contributed by atoms with E-state index < -0.39 is 92.1 Å². The van der Waals surface area contributed by atoms with Crippen LogP contribution in [0.4, 0.5) is 13.2 Å². The minimum Gasteiger partial charge on any atom is -0.478 e. The number of halogens is 6. The van der Waals surface area contributed by atoms with E-state index in [0.29, 0.717) is 46.4 Å². The van der Waals surface area contributed by atoms with Crippen LogP contribution in [0.15, 0.2) is 150 Å². The van der Waals surface area contributed by atoms with Gasteiger partial charge in [0.05, 0.1) is 84.2 Å². The van der Waals surface area contributed by atoms with E-state index in [1.54, 1.807) is 73.2 Å². The normalized spacial score (nSPS) is 13.7. The maximum Gasteiger partial charge on any atom is 0.373 e. The zero-order chi connectivity index (χ0) is 81.0. The molecule has 2 aliphatic rings. The van der Waals surface area contributed by atoms with Crippen LogP contribution in [0.5, 0.6) is 0 Å². The van der Waals surface area contributed by atoms with Crippen LogP contribution in [-0.2, 0) is 33.3 Å². The Balaban J connectivity index is 0.000000191. The van der Waals surface area contributed by atoms with Crippen molar-refractivity contribution in [3.05, 3.63) is 262 Å². The van der Waals surface area contributed by atoms with Gasteiger partial charge in [-0.1, -0.05) is 113 Å². The van der Waals surface area contributed by atoms with Gasteiger partial charge < -0.3 is 24.1 Å². The van der Waals surface area contributed by atoms with E-state index in [9.17, 15) is 56.3 Å². The maximum atomic E-state index is 13.8. The second kappa shape index (κ2) is 39.6. The summed E-state index contributed by atoms with van der Waals surface area (Å²) in [6.45, 7) is 22.8. The van der Waals surface area contributed by atoms with Crippen molar-refractivity contribution in [1.29, 1.82) is 0 Å². The van der Waals surface area contributed by atoms with Gasteiger partial charge in [0.2, 0.25) is 6.10 Å². The van der Waals surface area contributed by atoms with Crippen LogP contribution >= 0.6 is 34.8 Å². The van der Waals surface area contributed by atoms with Crippen molar-refractivity contribution in [1.82, 2.24) is 53.6 Å². The van der Waals surface area contributed by atoms with Crippen LogP contribution in [0.1, 0.15) is 153 Å². The fourth-order valence-electron chi connectivity index (χ4n) is 11.2. The molecule has 4 N–H and O–H groups in total. The quantitative estimate of drug-likeness (QED) is 0.0652. The first-order chi connectivity index (χ1) is 52.2. The van der Waals surface area contributed by atoms with Gasteiger partial charge >= 0.3 is 41.1 Å². The molecule has 8 aromatic heterocycles. The van der Waals surface area contributed by atoms with Crippen LogP contribution < -0.4 is 33.7 Å². The number of nitrogens with zero attached hydrogens (tertiary/aromatic N) is 8. The van der Waals surface area contributed by atoms with E-state index in [1.807, 2.05) is 62.3 Å². The third kappa shape index (κ3) is 21.7. The summed E-state index contributed by atoms with van der Waals surface area (Å²) in [7, 11) is 0. The fraction of sp³-hybridized carbons (Fsp3) is 0.312. The lowest BCUT2D eigenvalue weighted by atomic mass is 10.0. The Morgan fingerprint density at radius 2 is 0.900 bits per heavy atom. The highest BCUT2D eigenvalue weighted by atomic mass is 35.5. The third-order valence-corrected chi connectivity index (χ3v) is 17.4. The van der Waals surface area contributed by atoms with Crippen molar-refractivity contribution >= 4 is 91.8 Å². The van der Waals surface area contributed by atoms with Crippen LogP contribution in [-0.4, -0.2) is 121 Å². The predicted molar refractivity (Wildman–Crippen MR) is 405 cm³/mol. The number of aromatic nitrogens is 11. The molecule has 2 aliphatic heterocycles. The average Bonchev–Trinajstić information content (AvgIpc) is 0.781. The molecule has 3 aromatic carbocycles. The number of carbonyl (C=O) groups is 3. The summed E-state index contributed by atoms with van der Waals surface area (Å²) >= 11 is 17.4. The zero-order valence-electron chi connectivity index (χ0n) is 61.4. The van der Waals surface area contributed by atoms with Gasteiger partial charge in [0.1, 0.15) is 12.4 Å². The number of ether oxygens (including phenoxy) is 4. The summed E-state index contributed by atoms with van der Waals surface area (Å²) in [5.41, 5.74) is 2.61. The molecule has 0 bridgehead atoms. The number of hydrogen-bond donors (Lipinski definition) is 4. The van der Waals surface area contributed by atoms with Gasteiger partial charge in [-0.25, -0.2) is 61.0 Å². The number of rotatable bonds is 12. The molecule has 33 heteroatoms. The first-order valence-electron chi connectivity index (χ1n) is 34.2. The number of aliphatic carboxylic acids is 1. The molecule has 0 radical (unpaired) electrons. The predicted octanol–water partition coefficient (Wildman–Crippen LogP) is 12.6. The number of hydrogen-bond acceptors (Lipinski definition) is 20. The standard InChI is InChI=1S/C17H15ClFN3O2.C17H14O6.2C16H14ClFN4O2.2C5H10O.CO2/c1-8(2)14-15(9(3)4-5-20-14)22-13-7-11(18)12(19)6-10(13)16(23)21-17(22)24;18-15(19)14(23-17(21)13-9-5-2-6-10-13)11-22-16(20)12-7-3-1-4-8-12;2*1-7(2)11-12(8(3)4-5-19-11)22-14-9(15(23)21-16(22)24)6-10(18)13(17)20-14;2*1-5-3-2-4-6-5;2-1-3/h4-8H,1-3H3,(H,21,23,24);1-10,14H,11H2,(H,18,19);2*4-7H,1-3H3,(H,21,23,24);2*5H,2-4H2,1H3;/t;14-;;;;;/m.0...../s1. The first-order valence-corrected chi connectivity index (χ1v) is 35.3. The summed E-state index contributed by atoms with van der Waals surface area (Å²) in [5, 5.41) is 8.04.